The van der Waals surface area contributed by atoms with Crippen LogP contribution in [0.4, 0.5) is 4.39 Å². The summed E-state index contributed by atoms with van der Waals surface area (Å²) in [5.41, 5.74) is 6.12. The predicted molar refractivity (Wildman–Crippen MR) is 73.8 cm³/mol. The van der Waals surface area contributed by atoms with Gasteiger partial charge in [0, 0.05) is 0 Å². The molecule has 0 amide bonds. The van der Waals surface area contributed by atoms with Gasteiger partial charge in [-0.25, -0.2) is 4.39 Å². The van der Waals surface area contributed by atoms with Gasteiger partial charge < -0.3 is 10.3 Å². The fraction of sp³-hybridized carbons (Fsp3) is 0.385. The van der Waals surface area contributed by atoms with Gasteiger partial charge in [0.1, 0.15) is 5.82 Å². The van der Waals surface area contributed by atoms with Crippen LogP contribution in [0, 0.1) is 5.82 Å². The Bertz CT molecular complexity index is 581. The zero-order chi connectivity index (χ0) is 14.0. The maximum absolute atomic E-state index is 13.5. The molecule has 19 heavy (non-hydrogen) atoms. The van der Waals surface area contributed by atoms with E-state index in [0.717, 1.165) is 0 Å². The number of nitrogens with two attached hydrogens (primary N) is 1. The van der Waals surface area contributed by atoms with Crippen LogP contribution < -0.4 is 5.73 Å². The summed E-state index contributed by atoms with van der Waals surface area (Å²) < 4.78 is 19.0. The van der Waals surface area contributed by atoms with Crippen LogP contribution >= 0.6 is 15.9 Å². The lowest BCUT2D eigenvalue weighted by molar-refractivity contribution is 0.350. The third-order valence-electron chi connectivity index (χ3n) is 3.32. The van der Waals surface area contributed by atoms with Gasteiger partial charge >= 0.3 is 0 Å². The minimum Gasteiger partial charge on any atom is -0.334 e. The topological polar surface area (TPSA) is 64.9 Å². The predicted octanol–water partition coefficient (Wildman–Crippen LogP) is 3.61. The number of benzene rings is 1. The molecule has 2 rings (SSSR count). The van der Waals surface area contributed by atoms with E-state index in [1.807, 2.05) is 13.8 Å². The molecule has 0 aliphatic rings. The van der Waals surface area contributed by atoms with Gasteiger partial charge in [0.15, 0.2) is 5.82 Å². The summed E-state index contributed by atoms with van der Waals surface area (Å²) in [7, 11) is 0. The highest BCUT2D eigenvalue weighted by molar-refractivity contribution is 9.10. The maximum Gasteiger partial charge on any atom is 0.259 e. The van der Waals surface area contributed by atoms with Gasteiger partial charge in [-0.15, -0.1) is 0 Å². The first-order chi connectivity index (χ1) is 9.01. The van der Waals surface area contributed by atoms with E-state index in [0.29, 0.717) is 28.7 Å². The molecule has 1 aromatic heterocycles. The number of halogens is 2. The van der Waals surface area contributed by atoms with Crippen LogP contribution in [0.25, 0.3) is 11.5 Å². The van der Waals surface area contributed by atoms with Gasteiger partial charge in [0.2, 0.25) is 0 Å². The molecular weight excluding hydrogens is 313 g/mol. The van der Waals surface area contributed by atoms with Gasteiger partial charge in [-0.3, -0.25) is 0 Å². The molecule has 0 bridgehead atoms. The Labute approximate surface area is 119 Å². The van der Waals surface area contributed by atoms with Crippen molar-refractivity contribution in [3.05, 3.63) is 34.3 Å². The quantitative estimate of drug-likeness (QED) is 0.931. The van der Waals surface area contributed by atoms with Crippen molar-refractivity contribution in [1.29, 1.82) is 0 Å². The molecule has 0 radical (unpaired) electrons. The minimum absolute atomic E-state index is 0.262. The first-order valence-electron chi connectivity index (χ1n) is 6.09. The lowest BCUT2D eigenvalue weighted by atomic mass is 9.93. The Hall–Kier alpha value is -1.27. The van der Waals surface area contributed by atoms with Gasteiger partial charge in [-0.05, 0) is 40.9 Å². The van der Waals surface area contributed by atoms with Crippen molar-refractivity contribution in [2.24, 2.45) is 5.73 Å². The second-order valence-electron chi connectivity index (χ2n) is 4.39. The second kappa shape index (κ2) is 5.38. The summed E-state index contributed by atoms with van der Waals surface area (Å²) >= 11 is 3.18. The first-order valence-corrected chi connectivity index (χ1v) is 6.88. The fourth-order valence-corrected chi connectivity index (χ4v) is 2.20. The highest BCUT2D eigenvalue weighted by Crippen LogP contribution is 2.31. The Kier molecular flexibility index (Phi) is 4.01. The summed E-state index contributed by atoms with van der Waals surface area (Å²) in [5, 5.41) is 3.92. The van der Waals surface area contributed by atoms with Crippen molar-refractivity contribution in [3.8, 4) is 11.5 Å². The summed E-state index contributed by atoms with van der Waals surface area (Å²) in [5.74, 6) is 0.337. The Balaban J connectivity index is 2.44. The smallest absolute Gasteiger partial charge is 0.259 e. The standard InChI is InChI=1S/C13H15BrFN3O/c1-3-13(16,4-2)12-17-11(19-18-12)8-6-5-7-9(15)10(8)14/h5-7H,3-4,16H2,1-2H3. The van der Waals surface area contributed by atoms with E-state index in [4.69, 9.17) is 10.3 Å². The van der Waals surface area contributed by atoms with Crippen molar-refractivity contribution in [3.63, 3.8) is 0 Å². The van der Waals surface area contributed by atoms with E-state index in [-0.39, 0.29) is 11.7 Å². The molecule has 0 aliphatic heterocycles. The fourth-order valence-electron chi connectivity index (χ4n) is 1.77. The SMILES string of the molecule is CCC(N)(CC)c1noc(-c2cccc(F)c2Br)n1. The van der Waals surface area contributed by atoms with E-state index >= 15 is 0 Å². The van der Waals surface area contributed by atoms with Crippen LogP contribution in [0.5, 0.6) is 0 Å². The van der Waals surface area contributed by atoms with Gasteiger partial charge in [0.25, 0.3) is 5.89 Å². The van der Waals surface area contributed by atoms with Crippen molar-refractivity contribution < 1.29 is 8.91 Å². The van der Waals surface area contributed by atoms with Crippen molar-refractivity contribution in [2.75, 3.05) is 0 Å². The van der Waals surface area contributed by atoms with Crippen molar-refractivity contribution in [1.82, 2.24) is 10.1 Å². The molecule has 0 unspecified atom stereocenters. The van der Waals surface area contributed by atoms with E-state index in [9.17, 15) is 4.39 Å². The number of rotatable bonds is 4. The van der Waals surface area contributed by atoms with Crippen molar-refractivity contribution in [2.45, 2.75) is 32.2 Å². The average Bonchev–Trinajstić information content (AvgIpc) is 2.91. The Morgan fingerprint density at radius 2 is 2.05 bits per heavy atom. The normalized spacial score (nSPS) is 11.8. The number of hydrogen-bond acceptors (Lipinski definition) is 4. The molecular formula is C13H15BrFN3O. The van der Waals surface area contributed by atoms with Crippen LogP contribution in [0.15, 0.2) is 27.2 Å². The van der Waals surface area contributed by atoms with Crippen LogP contribution in [0.1, 0.15) is 32.5 Å². The number of aromatic nitrogens is 2. The van der Waals surface area contributed by atoms with Crippen LogP contribution in [-0.2, 0) is 5.54 Å². The molecule has 4 nitrogen and oxygen atoms in total. The zero-order valence-corrected chi connectivity index (χ0v) is 12.4. The third-order valence-corrected chi connectivity index (χ3v) is 4.12. The molecule has 102 valence electrons. The summed E-state index contributed by atoms with van der Waals surface area (Å²) in [6.07, 6.45) is 1.40. The van der Waals surface area contributed by atoms with Crippen LogP contribution in [-0.4, -0.2) is 10.1 Å². The molecule has 1 heterocycles. The number of nitrogens with zero attached hydrogens (tertiary/aromatic N) is 2. The lowest BCUT2D eigenvalue weighted by Gasteiger charge is -2.21. The van der Waals surface area contributed by atoms with Gasteiger partial charge in [-0.1, -0.05) is 25.1 Å². The van der Waals surface area contributed by atoms with E-state index < -0.39 is 5.54 Å². The van der Waals surface area contributed by atoms with Crippen molar-refractivity contribution >= 4 is 15.9 Å². The zero-order valence-electron chi connectivity index (χ0n) is 10.8. The van der Waals surface area contributed by atoms with E-state index in [2.05, 4.69) is 26.1 Å². The summed E-state index contributed by atoms with van der Waals surface area (Å²) in [6.45, 7) is 3.94. The molecule has 0 fully saturated rings. The van der Waals surface area contributed by atoms with E-state index in [1.54, 1.807) is 12.1 Å². The molecule has 0 spiro atoms. The molecule has 1 aromatic carbocycles. The molecule has 0 saturated heterocycles. The Morgan fingerprint density at radius 3 is 2.68 bits per heavy atom. The highest BCUT2D eigenvalue weighted by Gasteiger charge is 2.29. The average molecular weight is 328 g/mol. The molecule has 2 N–H and O–H groups in total. The van der Waals surface area contributed by atoms with Gasteiger partial charge in [-0.2, -0.15) is 4.98 Å². The van der Waals surface area contributed by atoms with Gasteiger partial charge in [0.05, 0.1) is 15.6 Å². The first kappa shape index (κ1) is 14.1. The minimum atomic E-state index is -0.610. The summed E-state index contributed by atoms with van der Waals surface area (Å²) in [6, 6.07) is 4.66. The largest absolute Gasteiger partial charge is 0.334 e. The second-order valence-corrected chi connectivity index (χ2v) is 5.18. The molecule has 6 heteroatoms. The van der Waals surface area contributed by atoms with E-state index in [1.165, 1.54) is 6.07 Å². The third kappa shape index (κ3) is 2.55. The monoisotopic (exact) mass is 327 g/mol. The lowest BCUT2D eigenvalue weighted by Crippen LogP contribution is -2.36. The molecule has 2 aromatic rings. The van der Waals surface area contributed by atoms with Crippen LogP contribution in [0.3, 0.4) is 0 Å². The molecule has 0 atom stereocenters. The Morgan fingerprint density at radius 1 is 1.37 bits per heavy atom. The highest BCUT2D eigenvalue weighted by atomic mass is 79.9. The number of hydrogen-bond donors (Lipinski definition) is 1. The molecule has 0 aliphatic carbocycles. The maximum atomic E-state index is 13.5. The van der Waals surface area contributed by atoms with Crippen LogP contribution in [0.2, 0.25) is 0 Å². The molecule has 0 saturated carbocycles. The summed E-state index contributed by atoms with van der Waals surface area (Å²) in [4.78, 5) is 4.30.